The summed E-state index contributed by atoms with van der Waals surface area (Å²) in [4.78, 5) is 0. The number of rotatable bonds is 7. The van der Waals surface area contributed by atoms with E-state index in [0.717, 1.165) is 10.2 Å². The maximum absolute atomic E-state index is 9.75. The van der Waals surface area contributed by atoms with Gasteiger partial charge in [0.2, 0.25) is 0 Å². The summed E-state index contributed by atoms with van der Waals surface area (Å²) in [5, 5.41) is 21.9. The van der Waals surface area contributed by atoms with Crippen molar-refractivity contribution in [1.82, 2.24) is 5.32 Å². The Balaban J connectivity index is 2.29. The largest absolute Gasteiger partial charge is 0.491 e. The summed E-state index contributed by atoms with van der Waals surface area (Å²) in [5.41, 5.74) is -0.390. The lowest BCUT2D eigenvalue weighted by atomic mass is 10.1. The van der Waals surface area contributed by atoms with Crippen molar-refractivity contribution < 1.29 is 14.9 Å². The molecule has 1 aromatic rings. The minimum Gasteiger partial charge on any atom is -0.491 e. The number of ether oxygens (including phenoxy) is 1. The SMILES string of the molecule is CC(C)(CO)NC[C@@H](O)COc1ccc(Br)cc1. The summed E-state index contributed by atoms with van der Waals surface area (Å²) in [6.45, 7) is 4.36. The average molecular weight is 318 g/mol. The van der Waals surface area contributed by atoms with Crippen molar-refractivity contribution in [1.29, 1.82) is 0 Å². The fourth-order valence-corrected chi connectivity index (χ4v) is 1.50. The van der Waals surface area contributed by atoms with E-state index in [1.54, 1.807) is 0 Å². The molecule has 0 aromatic heterocycles. The van der Waals surface area contributed by atoms with Crippen molar-refractivity contribution >= 4 is 15.9 Å². The van der Waals surface area contributed by atoms with Crippen LogP contribution >= 0.6 is 15.9 Å². The molecule has 18 heavy (non-hydrogen) atoms. The van der Waals surface area contributed by atoms with Gasteiger partial charge < -0.3 is 20.3 Å². The molecule has 0 heterocycles. The van der Waals surface area contributed by atoms with Crippen LogP contribution in [0.5, 0.6) is 5.75 Å². The van der Waals surface area contributed by atoms with Crippen LogP contribution in [-0.4, -0.2) is 41.6 Å². The lowest BCUT2D eigenvalue weighted by molar-refractivity contribution is 0.0906. The highest BCUT2D eigenvalue weighted by Gasteiger charge is 2.17. The van der Waals surface area contributed by atoms with E-state index in [0.29, 0.717) is 6.54 Å². The number of β-amino-alcohol motifs (C(OH)–C–C–N with tert-alkyl or cyclic N) is 1. The molecule has 1 rings (SSSR count). The maximum Gasteiger partial charge on any atom is 0.119 e. The molecule has 0 radical (unpaired) electrons. The summed E-state index contributed by atoms with van der Waals surface area (Å²) in [6.07, 6.45) is -0.612. The Bertz CT molecular complexity index is 354. The summed E-state index contributed by atoms with van der Waals surface area (Å²) in [6, 6.07) is 7.44. The Morgan fingerprint density at radius 2 is 1.94 bits per heavy atom. The number of aliphatic hydroxyl groups is 2. The molecule has 0 amide bonds. The van der Waals surface area contributed by atoms with E-state index in [4.69, 9.17) is 9.84 Å². The molecule has 0 saturated heterocycles. The molecular formula is C13H20BrNO3. The minimum atomic E-state index is -0.612. The molecule has 4 nitrogen and oxygen atoms in total. The maximum atomic E-state index is 9.75. The zero-order valence-electron chi connectivity index (χ0n) is 10.7. The lowest BCUT2D eigenvalue weighted by Crippen LogP contribution is -2.47. The van der Waals surface area contributed by atoms with Crippen molar-refractivity contribution in [2.75, 3.05) is 19.8 Å². The first-order valence-corrected chi connectivity index (χ1v) is 6.64. The Kier molecular flexibility index (Phi) is 6.08. The van der Waals surface area contributed by atoms with Gasteiger partial charge in [-0.2, -0.15) is 0 Å². The van der Waals surface area contributed by atoms with Crippen LogP contribution in [-0.2, 0) is 0 Å². The van der Waals surface area contributed by atoms with Crippen molar-refractivity contribution in [2.45, 2.75) is 25.5 Å². The van der Waals surface area contributed by atoms with Crippen LogP contribution in [0.3, 0.4) is 0 Å². The molecular weight excluding hydrogens is 298 g/mol. The first kappa shape index (κ1) is 15.4. The van der Waals surface area contributed by atoms with E-state index in [2.05, 4.69) is 21.2 Å². The standard InChI is InChI=1S/C13H20BrNO3/c1-13(2,9-16)15-7-11(17)8-18-12-5-3-10(14)4-6-12/h3-6,11,15-17H,7-9H2,1-2H3/t11-/m1/s1. The van der Waals surface area contributed by atoms with Crippen LogP contribution < -0.4 is 10.1 Å². The van der Waals surface area contributed by atoms with Crippen molar-refractivity contribution in [2.24, 2.45) is 0 Å². The second kappa shape index (κ2) is 7.09. The van der Waals surface area contributed by atoms with E-state index in [9.17, 15) is 5.11 Å². The predicted molar refractivity (Wildman–Crippen MR) is 74.8 cm³/mol. The second-order valence-corrected chi connectivity index (χ2v) is 5.76. The van der Waals surface area contributed by atoms with Gasteiger partial charge in [0.15, 0.2) is 0 Å². The molecule has 0 unspecified atom stereocenters. The third-order valence-electron chi connectivity index (χ3n) is 2.47. The fourth-order valence-electron chi connectivity index (χ4n) is 1.23. The molecule has 0 saturated carbocycles. The number of hydrogen-bond acceptors (Lipinski definition) is 4. The first-order valence-electron chi connectivity index (χ1n) is 5.85. The van der Waals surface area contributed by atoms with Gasteiger partial charge in [0.05, 0.1) is 6.61 Å². The van der Waals surface area contributed by atoms with Crippen molar-refractivity contribution in [3.63, 3.8) is 0 Å². The van der Waals surface area contributed by atoms with E-state index in [-0.39, 0.29) is 13.2 Å². The van der Waals surface area contributed by atoms with Gasteiger partial charge in [-0.1, -0.05) is 15.9 Å². The average Bonchev–Trinajstić information content (AvgIpc) is 2.36. The molecule has 102 valence electrons. The minimum absolute atomic E-state index is 0.0211. The van der Waals surface area contributed by atoms with Gasteiger partial charge in [-0.15, -0.1) is 0 Å². The summed E-state index contributed by atoms with van der Waals surface area (Å²) >= 11 is 3.34. The smallest absolute Gasteiger partial charge is 0.119 e. The third kappa shape index (κ3) is 5.82. The molecule has 0 spiro atoms. The monoisotopic (exact) mass is 317 g/mol. The quantitative estimate of drug-likeness (QED) is 0.714. The second-order valence-electron chi connectivity index (χ2n) is 4.84. The van der Waals surface area contributed by atoms with E-state index in [1.165, 1.54) is 0 Å². The molecule has 0 aliphatic heterocycles. The number of halogens is 1. The summed E-state index contributed by atoms with van der Waals surface area (Å²) < 4.78 is 6.44. The number of aliphatic hydroxyl groups excluding tert-OH is 2. The molecule has 3 N–H and O–H groups in total. The molecule has 0 aliphatic rings. The van der Waals surface area contributed by atoms with Crippen LogP contribution in [0.25, 0.3) is 0 Å². The Hall–Kier alpha value is -0.620. The van der Waals surface area contributed by atoms with Crippen LogP contribution in [0.4, 0.5) is 0 Å². The molecule has 1 aromatic carbocycles. The number of nitrogens with one attached hydrogen (secondary N) is 1. The Morgan fingerprint density at radius 3 is 2.50 bits per heavy atom. The predicted octanol–water partition coefficient (Wildman–Crippen LogP) is 1.55. The van der Waals surface area contributed by atoms with E-state index < -0.39 is 11.6 Å². The van der Waals surface area contributed by atoms with Gasteiger partial charge in [0, 0.05) is 16.6 Å². The topological polar surface area (TPSA) is 61.7 Å². The van der Waals surface area contributed by atoms with Gasteiger partial charge in [-0.05, 0) is 38.1 Å². The van der Waals surface area contributed by atoms with Crippen LogP contribution in [0.2, 0.25) is 0 Å². The van der Waals surface area contributed by atoms with Gasteiger partial charge in [-0.3, -0.25) is 0 Å². The lowest BCUT2D eigenvalue weighted by Gasteiger charge is -2.25. The fraction of sp³-hybridized carbons (Fsp3) is 0.538. The first-order chi connectivity index (χ1) is 8.43. The zero-order chi connectivity index (χ0) is 13.6. The molecule has 0 fully saturated rings. The molecule has 0 bridgehead atoms. The van der Waals surface area contributed by atoms with Crippen LogP contribution in [0.15, 0.2) is 28.7 Å². The molecule has 1 atom stereocenters. The summed E-state index contributed by atoms with van der Waals surface area (Å²) in [7, 11) is 0. The summed E-state index contributed by atoms with van der Waals surface area (Å²) in [5.74, 6) is 0.721. The van der Waals surface area contributed by atoms with Gasteiger partial charge in [0.25, 0.3) is 0 Å². The van der Waals surface area contributed by atoms with Gasteiger partial charge in [-0.25, -0.2) is 0 Å². The van der Waals surface area contributed by atoms with Crippen LogP contribution in [0.1, 0.15) is 13.8 Å². The highest BCUT2D eigenvalue weighted by molar-refractivity contribution is 9.10. The van der Waals surface area contributed by atoms with Crippen molar-refractivity contribution in [3.8, 4) is 5.75 Å². The zero-order valence-corrected chi connectivity index (χ0v) is 12.3. The normalized spacial score (nSPS) is 13.4. The molecule has 5 heteroatoms. The van der Waals surface area contributed by atoms with Gasteiger partial charge in [0.1, 0.15) is 18.5 Å². The highest BCUT2D eigenvalue weighted by atomic mass is 79.9. The molecule has 0 aliphatic carbocycles. The Labute approximate surface area is 116 Å². The third-order valence-corrected chi connectivity index (χ3v) is 3.00. The van der Waals surface area contributed by atoms with Gasteiger partial charge >= 0.3 is 0 Å². The Morgan fingerprint density at radius 1 is 1.33 bits per heavy atom. The van der Waals surface area contributed by atoms with E-state index in [1.807, 2.05) is 38.1 Å². The van der Waals surface area contributed by atoms with E-state index >= 15 is 0 Å². The highest BCUT2D eigenvalue weighted by Crippen LogP contribution is 2.16. The van der Waals surface area contributed by atoms with Crippen LogP contribution in [0, 0.1) is 0 Å². The number of benzene rings is 1. The van der Waals surface area contributed by atoms with Crippen molar-refractivity contribution in [3.05, 3.63) is 28.7 Å². The number of hydrogen-bond donors (Lipinski definition) is 3.